The smallest absolute Gasteiger partial charge is 0.126 e. The molecule has 0 fully saturated rings. The minimum absolute atomic E-state index is 0.911. The van der Waals surface area contributed by atoms with Gasteiger partial charge < -0.3 is 4.74 Å². The summed E-state index contributed by atoms with van der Waals surface area (Å²) < 4.78 is 5.26. The fraction of sp³-hybridized carbons (Fsp3) is 0.0909. The molecule has 0 saturated carbocycles. The Kier molecular flexibility index (Phi) is 2.32. The quantitative estimate of drug-likeness (QED) is 0.704. The van der Waals surface area contributed by atoms with Crippen molar-refractivity contribution in [3.63, 3.8) is 0 Å². The molecule has 0 atom stereocenters. The minimum Gasteiger partial charge on any atom is -0.496 e. The van der Waals surface area contributed by atoms with E-state index >= 15 is 0 Å². The van der Waals surface area contributed by atoms with Crippen LogP contribution < -0.4 is 4.74 Å². The second-order valence-corrected chi connectivity index (χ2v) is 3.36. The monoisotopic (exact) mass is 189 g/mol. The van der Waals surface area contributed by atoms with E-state index in [0.717, 1.165) is 11.3 Å². The molecule has 1 heterocycles. The van der Waals surface area contributed by atoms with Crippen LogP contribution in [0.2, 0.25) is 0 Å². The molecule has 13 heavy (non-hydrogen) atoms. The number of ether oxygens (including phenoxy) is 1. The molecule has 1 aromatic carbocycles. The molecule has 1 radical (unpaired) electrons. The molecule has 2 aromatic rings. The number of rotatable bonds is 2. The second-order valence-electron chi connectivity index (χ2n) is 2.65. The summed E-state index contributed by atoms with van der Waals surface area (Å²) in [5.41, 5.74) is 2.30. The van der Waals surface area contributed by atoms with E-state index in [1.165, 1.54) is 5.56 Å². The van der Waals surface area contributed by atoms with Crippen LogP contribution in [-0.4, -0.2) is 7.11 Å². The van der Waals surface area contributed by atoms with E-state index in [-0.39, 0.29) is 0 Å². The molecule has 65 valence electrons. The first-order chi connectivity index (χ1) is 6.42. The van der Waals surface area contributed by atoms with Gasteiger partial charge in [0.15, 0.2) is 0 Å². The Bertz CT molecular complexity index is 379. The number of benzene rings is 1. The Hall–Kier alpha value is -1.28. The van der Waals surface area contributed by atoms with Gasteiger partial charge in [0, 0.05) is 10.9 Å². The SMILES string of the molecule is COc1ccccc1-c1c[c]sc1. The summed E-state index contributed by atoms with van der Waals surface area (Å²) in [6.45, 7) is 0. The first-order valence-corrected chi connectivity index (χ1v) is 4.88. The zero-order valence-corrected chi connectivity index (χ0v) is 8.10. The van der Waals surface area contributed by atoms with Crippen LogP contribution in [-0.2, 0) is 0 Å². The van der Waals surface area contributed by atoms with E-state index in [4.69, 9.17) is 4.74 Å². The Morgan fingerprint density at radius 1 is 1.31 bits per heavy atom. The number of para-hydroxylation sites is 1. The van der Waals surface area contributed by atoms with Gasteiger partial charge >= 0.3 is 0 Å². The first kappa shape index (κ1) is 8.32. The summed E-state index contributed by atoms with van der Waals surface area (Å²) in [6.07, 6.45) is 0. The summed E-state index contributed by atoms with van der Waals surface area (Å²) >= 11 is 1.57. The molecule has 0 aliphatic heterocycles. The van der Waals surface area contributed by atoms with Gasteiger partial charge in [-0.1, -0.05) is 18.2 Å². The van der Waals surface area contributed by atoms with Crippen molar-refractivity contribution in [3.8, 4) is 16.9 Å². The zero-order valence-electron chi connectivity index (χ0n) is 7.28. The van der Waals surface area contributed by atoms with Crippen LogP contribution in [0.1, 0.15) is 0 Å². The van der Waals surface area contributed by atoms with Crippen molar-refractivity contribution in [1.82, 2.24) is 0 Å². The molecule has 0 saturated heterocycles. The molecule has 2 rings (SSSR count). The van der Waals surface area contributed by atoms with Crippen molar-refractivity contribution in [3.05, 3.63) is 41.1 Å². The van der Waals surface area contributed by atoms with E-state index in [0.29, 0.717) is 0 Å². The average Bonchev–Trinajstić information content (AvgIpc) is 2.70. The summed E-state index contributed by atoms with van der Waals surface area (Å²) in [5, 5.41) is 5.13. The molecule has 0 N–H and O–H groups in total. The maximum absolute atomic E-state index is 5.26. The van der Waals surface area contributed by atoms with Crippen LogP contribution in [0.5, 0.6) is 5.75 Å². The van der Waals surface area contributed by atoms with Crippen LogP contribution in [0, 0.1) is 5.38 Å². The fourth-order valence-corrected chi connectivity index (χ4v) is 1.84. The lowest BCUT2D eigenvalue weighted by Crippen LogP contribution is -1.85. The normalized spacial score (nSPS) is 9.92. The third-order valence-corrected chi connectivity index (χ3v) is 2.51. The van der Waals surface area contributed by atoms with Crippen molar-refractivity contribution in [2.45, 2.75) is 0 Å². The van der Waals surface area contributed by atoms with Crippen LogP contribution in [0.3, 0.4) is 0 Å². The van der Waals surface area contributed by atoms with Crippen molar-refractivity contribution >= 4 is 11.3 Å². The van der Waals surface area contributed by atoms with Crippen molar-refractivity contribution in [2.24, 2.45) is 0 Å². The number of methoxy groups -OCH3 is 1. The summed E-state index contributed by atoms with van der Waals surface area (Å²) in [6, 6.07) is 9.97. The van der Waals surface area contributed by atoms with Gasteiger partial charge in [-0.15, -0.1) is 11.3 Å². The van der Waals surface area contributed by atoms with Crippen LogP contribution in [0.4, 0.5) is 0 Å². The second kappa shape index (κ2) is 3.62. The van der Waals surface area contributed by atoms with E-state index in [1.54, 1.807) is 18.4 Å². The molecule has 0 unspecified atom stereocenters. The van der Waals surface area contributed by atoms with Gasteiger partial charge in [-0.3, -0.25) is 0 Å². The molecule has 0 spiro atoms. The highest BCUT2D eigenvalue weighted by molar-refractivity contribution is 7.07. The lowest BCUT2D eigenvalue weighted by molar-refractivity contribution is 0.416. The largest absolute Gasteiger partial charge is 0.496 e. The van der Waals surface area contributed by atoms with Gasteiger partial charge in [0.25, 0.3) is 0 Å². The van der Waals surface area contributed by atoms with Gasteiger partial charge in [0.2, 0.25) is 0 Å². The molecular formula is C11H9OS. The third kappa shape index (κ3) is 1.58. The Balaban J connectivity index is 2.51. The van der Waals surface area contributed by atoms with Gasteiger partial charge in [-0.05, 0) is 23.1 Å². The molecule has 2 heteroatoms. The van der Waals surface area contributed by atoms with Crippen LogP contribution in [0.25, 0.3) is 11.1 Å². The van der Waals surface area contributed by atoms with Gasteiger partial charge in [0.1, 0.15) is 5.75 Å². The van der Waals surface area contributed by atoms with Gasteiger partial charge in [0.05, 0.1) is 7.11 Å². The predicted molar refractivity (Wildman–Crippen MR) is 55.1 cm³/mol. The summed E-state index contributed by atoms with van der Waals surface area (Å²) in [4.78, 5) is 0. The molecule has 0 aliphatic rings. The van der Waals surface area contributed by atoms with E-state index in [9.17, 15) is 0 Å². The maximum atomic E-state index is 5.26. The van der Waals surface area contributed by atoms with Crippen molar-refractivity contribution in [2.75, 3.05) is 7.11 Å². The molecule has 1 nitrogen and oxygen atoms in total. The van der Waals surface area contributed by atoms with Gasteiger partial charge in [-0.25, -0.2) is 0 Å². The van der Waals surface area contributed by atoms with Gasteiger partial charge in [-0.2, -0.15) is 0 Å². The molecule has 0 bridgehead atoms. The Morgan fingerprint density at radius 3 is 2.85 bits per heavy atom. The highest BCUT2D eigenvalue weighted by Gasteiger charge is 2.03. The topological polar surface area (TPSA) is 9.23 Å². The lowest BCUT2D eigenvalue weighted by atomic mass is 10.1. The lowest BCUT2D eigenvalue weighted by Gasteiger charge is -2.05. The van der Waals surface area contributed by atoms with E-state index in [2.05, 4.69) is 16.8 Å². The highest BCUT2D eigenvalue weighted by atomic mass is 32.1. The third-order valence-electron chi connectivity index (χ3n) is 1.89. The average molecular weight is 189 g/mol. The van der Waals surface area contributed by atoms with E-state index in [1.807, 2.05) is 24.3 Å². The van der Waals surface area contributed by atoms with Crippen molar-refractivity contribution in [1.29, 1.82) is 0 Å². The summed E-state index contributed by atoms with van der Waals surface area (Å²) in [7, 11) is 1.69. The first-order valence-electron chi connectivity index (χ1n) is 4.00. The number of thiophene rings is 1. The zero-order chi connectivity index (χ0) is 9.10. The molecule has 0 amide bonds. The maximum Gasteiger partial charge on any atom is 0.126 e. The molecule has 1 aromatic heterocycles. The predicted octanol–water partition coefficient (Wildman–Crippen LogP) is 3.22. The summed E-state index contributed by atoms with van der Waals surface area (Å²) in [5.74, 6) is 0.911. The highest BCUT2D eigenvalue weighted by Crippen LogP contribution is 2.30. The standard InChI is InChI=1S/C11H9OS/c1-12-11-5-3-2-4-10(11)9-6-7-13-8-9/h2-6,8H,1H3. The fourth-order valence-electron chi connectivity index (χ4n) is 1.25. The van der Waals surface area contributed by atoms with E-state index < -0.39 is 0 Å². The van der Waals surface area contributed by atoms with Crippen LogP contribution in [0.15, 0.2) is 35.7 Å². The van der Waals surface area contributed by atoms with Crippen molar-refractivity contribution < 1.29 is 4.74 Å². The molecule has 0 aliphatic carbocycles. The number of hydrogen-bond acceptors (Lipinski definition) is 2. The molecular weight excluding hydrogens is 180 g/mol. The Labute approximate surface area is 81.6 Å². The Morgan fingerprint density at radius 2 is 2.15 bits per heavy atom. The van der Waals surface area contributed by atoms with Crippen LogP contribution >= 0.6 is 11.3 Å². The minimum atomic E-state index is 0.911. The number of hydrogen-bond donors (Lipinski definition) is 0.